The predicted molar refractivity (Wildman–Crippen MR) is 111 cm³/mol. The van der Waals surface area contributed by atoms with Gasteiger partial charge < -0.3 is 4.74 Å². The first-order valence-corrected chi connectivity index (χ1v) is 10.5. The van der Waals surface area contributed by atoms with Crippen LogP contribution < -0.4 is 0 Å². The van der Waals surface area contributed by atoms with E-state index in [0.717, 1.165) is 10.5 Å². The second-order valence-corrected chi connectivity index (χ2v) is 7.97. The van der Waals surface area contributed by atoms with E-state index >= 15 is 0 Å². The molecule has 1 aromatic heterocycles. The first-order valence-electron chi connectivity index (χ1n) is 8.38. The molecular weight excluding hydrogens is 430 g/mol. The smallest absolute Gasteiger partial charge is 0.338 e. The molecule has 3 rings (SSSR count). The molecule has 11 heteroatoms. The lowest BCUT2D eigenvalue weighted by molar-refractivity contribution is -0.388. The summed E-state index contributed by atoms with van der Waals surface area (Å²) in [4.78, 5) is 37.6. The van der Waals surface area contributed by atoms with Crippen LogP contribution in [0.4, 0.5) is 11.4 Å². The number of hydrogen-bond acceptors (Lipinski definition) is 9. The summed E-state index contributed by atoms with van der Waals surface area (Å²) in [6.45, 7) is 0.0413. The Morgan fingerprint density at radius 1 is 0.933 bits per heavy atom. The van der Waals surface area contributed by atoms with E-state index in [1.165, 1.54) is 64.2 Å². The van der Waals surface area contributed by atoms with E-state index in [9.17, 15) is 25.0 Å². The average Bonchev–Trinajstić information content (AvgIpc) is 2.77. The quantitative estimate of drug-likeness (QED) is 0.203. The number of rotatable bonds is 8. The van der Waals surface area contributed by atoms with Crippen LogP contribution in [0.25, 0.3) is 0 Å². The number of nitrogens with zero attached hydrogens (tertiary/aromatic N) is 3. The summed E-state index contributed by atoms with van der Waals surface area (Å²) in [6, 6.07) is 15.2. The molecule has 0 fully saturated rings. The molecule has 0 atom stereocenters. The van der Waals surface area contributed by atoms with Crippen molar-refractivity contribution in [3.8, 4) is 0 Å². The zero-order chi connectivity index (χ0) is 21.5. The van der Waals surface area contributed by atoms with E-state index in [0.29, 0.717) is 5.03 Å². The molecule has 3 aromatic rings. The fraction of sp³-hybridized carbons (Fsp3) is 0.0526. The molecule has 0 saturated heterocycles. The molecule has 30 heavy (non-hydrogen) atoms. The third-order valence-electron chi connectivity index (χ3n) is 3.77. The van der Waals surface area contributed by atoms with Gasteiger partial charge in [-0.15, -0.1) is 0 Å². The largest absolute Gasteiger partial charge is 0.457 e. The summed E-state index contributed by atoms with van der Waals surface area (Å²) in [6.07, 6.45) is 1.50. The van der Waals surface area contributed by atoms with Gasteiger partial charge in [-0.25, -0.2) is 9.78 Å². The summed E-state index contributed by atoms with van der Waals surface area (Å²) < 4.78 is 5.22. The van der Waals surface area contributed by atoms with Gasteiger partial charge in [0.2, 0.25) is 0 Å². The predicted octanol–water partition coefficient (Wildman–Crippen LogP) is 5.05. The monoisotopic (exact) mass is 443 g/mol. The SMILES string of the molecule is O=C(OCc1ccc(SSc2ncccc2[N+](=O)[O-])cc1)c1ccc([N+](=O)[O-])cc1. The normalized spacial score (nSPS) is 10.4. The highest BCUT2D eigenvalue weighted by Crippen LogP contribution is 2.40. The highest BCUT2D eigenvalue weighted by Gasteiger charge is 2.15. The molecule has 0 aliphatic heterocycles. The molecule has 0 N–H and O–H groups in total. The van der Waals surface area contributed by atoms with E-state index in [1.54, 1.807) is 12.1 Å². The number of esters is 1. The van der Waals surface area contributed by atoms with Gasteiger partial charge >= 0.3 is 11.7 Å². The molecule has 0 bridgehead atoms. The molecule has 0 saturated carbocycles. The van der Waals surface area contributed by atoms with Crippen molar-refractivity contribution in [1.82, 2.24) is 4.98 Å². The van der Waals surface area contributed by atoms with Crippen molar-refractivity contribution in [2.75, 3.05) is 0 Å². The number of non-ortho nitro benzene ring substituents is 1. The number of nitro groups is 2. The highest BCUT2D eigenvalue weighted by molar-refractivity contribution is 8.76. The maximum atomic E-state index is 12.1. The molecule has 0 radical (unpaired) electrons. The summed E-state index contributed by atoms with van der Waals surface area (Å²) in [5.74, 6) is -0.582. The van der Waals surface area contributed by atoms with Gasteiger partial charge in [0.15, 0.2) is 5.03 Å². The molecule has 2 aromatic carbocycles. The number of ether oxygens (including phenoxy) is 1. The topological polar surface area (TPSA) is 125 Å². The second kappa shape index (κ2) is 9.85. The number of carbonyl (C=O) groups excluding carboxylic acids is 1. The molecule has 9 nitrogen and oxygen atoms in total. The molecule has 1 heterocycles. The van der Waals surface area contributed by atoms with Crippen LogP contribution >= 0.6 is 21.6 Å². The van der Waals surface area contributed by atoms with E-state index in [1.807, 2.05) is 12.1 Å². The number of benzene rings is 2. The van der Waals surface area contributed by atoms with Crippen molar-refractivity contribution in [3.05, 3.63) is 98.2 Å². The Morgan fingerprint density at radius 2 is 1.63 bits per heavy atom. The van der Waals surface area contributed by atoms with Crippen molar-refractivity contribution >= 4 is 38.9 Å². The minimum atomic E-state index is -0.582. The number of pyridine rings is 1. The van der Waals surface area contributed by atoms with Gasteiger partial charge in [0.25, 0.3) is 5.69 Å². The van der Waals surface area contributed by atoms with Gasteiger partial charge in [-0.05, 0) is 46.7 Å². The van der Waals surface area contributed by atoms with Crippen LogP contribution in [-0.2, 0) is 11.3 Å². The second-order valence-electron chi connectivity index (χ2n) is 5.78. The third kappa shape index (κ3) is 5.55. The Morgan fingerprint density at radius 3 is 2.27 bits per heavy atom. The first-order chi connectivity index (χ1) is 14.4. The maximum Gasteiger partial charge on any atom is 0.338 e. The van der Waals surface area contributed by atoms with Crippen molar-refractivity contribution in [2.45, 2.75) is 16.5 Å². The summed E-state index contributed by atoms with van der Waals surface area (Å²) in [5, 5.41) is 22.0. The number of carbonyl (C=O) groups is 1. The molecule has 0 aliphatic carbocycles. The number of aromatic nitrogens is 1. The Hall–Kier alpha value is -3.44. The van der Waals surface area contributed by atoms with Gasteiger partial charge in [-0.2, -0.15) is 0 Å². The maximum absolute atomic E-state index is 12.1. The van der Waals surface area contributed by atoms with Crippen LogP contribution in [0, 0.1) is 20.2 Å². The molecule has 0 aliphatic rings. The average molecular weight is 443 g/mol. The minimum Gasteiger partial charge on any atom is -0.457 e. The van der Waals surface area contributed by atoms with Gasteiger partial charge in [0.05, 0.1) is 15.4 Å². The Bertz CT molecular complexity index is 1070. The van der Waals surface area contributed by atoms with Crippen LogP contribution in [0.3, 0.4) is 0 Å². The zero-order valence-corrected chi connectivity index (χ0v) is 16.8. The van der Waals surface area contributed by atoms with Crippen molar-refractivity contribution in [2.24, 2.45) is 0 Å². The van der Waals surface area contributed by atoms with E-state index < -0.39 is 15.8 Å². The Labute approximate surface area is 178 Å². The van der Waals surface area contributed by atoms with E-state index in [-0.39, 0.29) is 23.5 Å². The Balaban J connectivity index is 1.54. The lowest BCUT2D eigenvalue weighted by atomic mass is 10.2. The van der Waals surface area contributed by atoms with Crippen molar-refractivity contribution in [1.29, 1.82) is 0 Å². The fourth-order valence-electron chi connectivity index (χ4n) is 2.27. The van der Waals surface area contributed by atoms with E-state index in [2.05, 4.69) is 4.98 Å². The summed E-state index contributed by atoms with van der Waals surface area (Å²) in [7, 11) is 2.51. The molecule has 0 spiro atoms. The van der Waals surface area contributed by atoms with Crippen LogP contribution in [0.15, 0.2) is 76.8 Å². The molecule has 0 amide bonds. The zero-order valence-electron chi connectivity index (χ0n) is 15.2. The van der Waals surface area contributed by atoms with Crippen LogP contribution in [0.2, 0.25) is 0 Å². The molecule has 0 unspecified atom stereocenters. The van der Waals surface area contributed by atoms with Crippen LogP contribution in [-0.4, -0.2) is 20.8 Å². The van der Waals surface area contributed by atoms with Gasteiger partial charge in [0, 0.05) is 29.3 Å². The van der Waals surface area contributed by atoms with Gasteiger partial charge in [-0.3, -0.25) is 20.2 Å². The number of nitro benzene ring substituents is 1. The minimum absolute atomic E-state index is 0.0413. The molecular formula is C19H13N3O6S2. The van der Waals surface area contributed by atoms with Crippen LogP contribution in [0.1, 0.15) is 15.9 Å². The van der Waals surface area contributed by atoms with Gasteiger partial charge in [-0.1, -0.05) is 22.9 Å². The first kappa shape index (κ1) is 21.3. The third-order valence-corrected chi connectivity index (χ3v) is 6.09. The summed E-state index contributed by atoms with van der Waals surface area (Å²) >= 11 is 0. The van der Waals surface area contributed by atoms with Gasteiger partial charge in [0.1, 0.15) is 6.61 Å². The lowest BCUT2D eigenvalue weighted by Crippen LogP contribution is -2.05. The van der Waals surface area contributed by atoms with Crippen molar-refractivity contribution < 1.29 is 19.4 Å². The van der Waals surface area contributed by atoms with E-state index in [4.69, 9.17) is 4.74 Å². The lowest BCUT2D eigenvalue weighted by Gasteiger charge is -2.06. The highest BCUT2D eigenvalue weighted by atomic mass is 33.1. The van der Waals surface area contributed by atoms with Crippen molar-refractivity contribution in [3.63, 3.8) is 0 Å². The number of hydrogen-bond donors (Lipinski definition) is 0. The Kier molecular flexibility index (Phi) is 6.99. The fourth-order valence-corrected chi connectivity index (χ4v) is 4.26. The summed E-state index contributed by atoms with van der Waals surface area (Å²) in [5.41, 5.74) is 0.822. The standard InChI is InChI=1S/C19H13N3O6S2/c23-19(14-5-7-15(8-6-14)21(24)25)28-12-13-3-9-16(10-4-13)29-30-18-17(22(26)27)2-1-11-20-18/h1-11H,12H2. The van der Waals surface area contributed by atoms with Crippen LogP contribution in [0.5, 0.6) is 0 Å². The molecule has 152 valence electrons.